The van der Waals surface area contributed by atoms with Crippen LogP contribution in [0, 0.1) is 6.92 Å². The first-order valence-corrected chi connectivity index (χ1v) is 9.73. The van der Waals surface area contributed by atoms with Crippen LogP contribution in [0.25, 0.3) is 10.8 Å². The molecular weight excluding hydrogens is 372 g/mol. The van der Waals surface area contributed by atoms with E-state index in [1.54, 1.807) is 12.1 Å². The van der Waals surface area contributed by atoms with Crippen LogP contribution in [0.5, 0.6) is 0 Å². The van der Waals surface area contributed by atoms with Crippen molar-refractivity contribution >= 4 is 16.7 Å². The number of H-pyrrole nitrogens is 1. The lowest BCUT2D eigenvalue weighted by Crippen LogP contribution is -2.44. The van der Waals surface area contributed by atoms with Crippen molar-refractivity contribution in [2.75, 3.05) is 32.8 Å². The monoisotopic (exact) mass is 396 g/mol. The second-order valence-corrected chi connectivity index (χ2v) is 7.14. The molecule has 0 saturated carbocycles. The number of aromatic amines is 1. The van der Waals surface area contributed by atoms with E-state index in [-0.39, 0.29) is 23.9 Å². The summed E-state index contributed by atoms with van der Waals surface area (Å²) in [5.74, 6) is 1.52. The molecule has 3 aromatic rings. The zero-order chi connectivity index (χ0) is 20.2. The van der Waals surface area contributed by atoms with Crippen molar-refractivity contribution in [2.24, 2.45) is 0 Å². The van der Waals surface area contributed by atoms with Crippen molar-refractivity contribution in [3.8, 4) is 0 Å². The Hall–Kier alpha value is -2.97. The molecule has 1 unspecified atom stereocenters. The van der Waals surface area contributed by atoms with Crippen molar-refractivity contribution < 1.29 is 13.9 Å². The van der Waals surface area contributed by atoms with Crippen molar-refractivity contribution in [3.05, 3.63) is 64.0 Å². The van der Waals surface area contributed by atoms with Crippen molar-refractivity contribution in [2.45, 2.75) is 19.4 Å². The Kier molecular flexibility index (Phi) is 5.73. The van der Waals surface area contributed by atoms with Crippen LogP contribution >= 0.6 is 0 Å². The third-order valence-electron chi connectivity index (χ3n) is 5.17. The van der Waals surface area contributed by atoms with Gasteiger partial charge < -0.3 is 14.5 Å². The lowest BCUT2D eigenvalue weighted by atomic mass is 10.1. The van der Waals surface area contributed by atoms with Gasteiger partial charge in [-0.25, -0.2) is 5.10 Å². The van der Waals surface area contributed by atoms with Crippen LogP contribution in [-0.4, -0.2) is 53.9 Å². The van der Waals surface area contributed by atoms with E-state index in [9.17, 15) is 9.59 Å². The quantitative estimate of drug-likeness (QED) is 0.656. The van der Waals surface area contributed by atoms with E-state index >= 15 is 0 Å². The number of nitrogens with one attached hydrogen (secondary N) is 2. The lowest BCUT2D eigenvalue weighted by Gasteiger charge is -2.33. The molecule has 1 amide bonds. The van der Waals surface area contributed by atoms with Gasteiger partial charge in [0.15, 0.2) is 0 Å². The van der Waals surface area contributed by atoms with Crippen molar-refractivity contribution in [1.82, 2.24) is 20.4 Å². The largest absolute Gasteiger partial charge is 0.465 e. The normalized spacial score (nSPS) is 16.0. The molecule has 1 fully saturated rings. The van der Waals surface area contributed by atoms with Crippen LogP contribution in [0.1, 0.15) is 23.3 Å². The van der Waals surface area contributed by atoms with Gasteiger partial charge in [-0.3, -0.25) is 14.5 Å². The number of carbonyl (C=O) groups is 1. The van der Waals surface area contributed by atoms with Crippen LogP contribution < -0.4 is 10.9 Å². The summed E-state index contributed by atoms with van der Waals surface area (Å²) in [5, 5.41) is 10.8. The molecule has 2 aromatic heterocycles. The van der Waals surface area contributed by atoms with E-state index in [1.807, 2.05) is 31.2 Å². The van der Waals surface area contributed by atoms with Crippen LogP contribution in [0.4, 0.5) is 0 Å². The summed E-state index contributed by atoms with van der Waals surface area (Å²) in [4.78, 5) is 26.8. The molecule has 1 aliphatic rings. The maximum Gasteiger partial charge on any atom is 0.272 e. The maximum absolute atomic E-state index is 12.6. The summed E-state index contributed by atoms with van der Waals surface area (Å²) in [6, 6.07) is 11.0. The van der Waals surface area contributed by atoms with Gasteiger partial charge in [0.2, 0.25) is 5.91 Å². The molecule has 4 rings (SSSR count). The fourth-order valence-corrected chi connectivity index (χ4v) is 3.66. The van der Waals surface area contributed by atoms with E-state index in [4.69, 9.17) is 9.15 Å². The summed E-state index contributed by atoms with van der Waals surface area (Å²) in [6.07, 6.45) is 0.0876. The molecular formula is C21H24N4O4. The fourth-order valence-electron chi connectivity index (χ4n) is 3.66. The Balaban J connectivity index is 1.47. The summed E-state index contributed by atoms with van der Waals surface area (Å²) in [7, 11) is 0. The molecule has 0 aliphatic carbocycles. The molecule has 0 spiro atoms. The average Bonchev–Trinajstić information content (AvgIpc) is 3.17. The number of fused-ring (bicyclic) bond motifs is 1. The first kappa shape index (κ1) is 19.4. The number of amides is 1. The molecule has 1 aliphatic heterocycles. The van der Waals surface area contributed by atoms with Gasteiger partial charge in [0.1, 0.15) is 11.5 Å². The Morgan fingerprint density at radius 2 is 1.97 bits per heavy atom. The number of aromatic nitrogens is 2. The number of carbonyl (C=O) groups excluding carboxylic acids is 1. The van der Waals surface area contributed by atoms with Gasteiger partial charge in [0.05, 0.1) is 36.8 Å². The first-order chi connectivity index (χ1) is 14.1. The molecule has 8 heteroatoms. The number of nitrogens with zero attached hydrogens (tertiary/aromatic N) is 2. The predicted molar refractivity (Wildman–Crippen MR) is 108 cm³/mol. The third kappa shape index (κ3) is 4.38. The second-order valence-electron chi connectivity index (χ2n) is 7.14. The van der Waals surface area contributed by atoms with Gasteiger partial charge in [-0.15, -0.1) is 0 Å². The molecule has 1 atom stereocenters. The molecule has 3 heterocycles. The van der Waals surface area contributed by atoms with Gasteiger partial charge in [-0.1, -0.05) is 18.2 Å². The number of hydrogen-bond donors (Lipinski definition) is 2. The average molecular weight is 396 g/mol. The summed E-state index contributed by atoms with van der Waals surface area (Å²) in [5.41, 5.74) is 0.291. The van der Waals surface area contributed by atoms with Crippen molar-refractivity contribution in [1.29, 1.82) is 0 Å². The van der Waals surface area contributed by atoms with Crippen molar-refractivity contribution in [3.63, 3.8) is 0 Å². The van der Waals surface area contributed by atoms with Gasteiger partial charge in [0.25, 0.3) is 5.56 Å². The number of rotatable bonds is 6. The summed E-state index contributed by atoms with van der Waals surface area (Å²) in [6.45, 7) is 5.23. The minimum absolute atomic E-state index is 0.0585. The Labute approximate surface area is 167 Å². The highest BCUT2D eigenvalue weighted by Crippen LogP contribution is 2.23. The van der Waals surface area contributed by atoms with Crippen LogP contribution in [0.2, 0.25) is 0 Å². The molecule has 2 N–H and O–H groups in total. The molecule has 1 aromatic carbocycles. The van der Waals surface area contributed by atoms with E-state index < -0.39 is 0 Å². The highest BCUT2D eigenvalue weighted by atomic mass is 16.5. The summed E-state index contributed by atoms with van der Waals surface area (Å²) < 4.78 is 11.3. The molecule has 0 bridgehead atoms. The zero-order valence-electron chi connectivity index (χ0n) is 16.3. The highest BCUT2D eigenvalue weighted by molar-refractivity contribution is 5.88. The Bertz CT molecular complexity index is 1050. The fraction of sp³-hybridized carbons (Fsp3) is 0.381. The summed E-state index contributed by atoms with van der Waals surface area (Å²) >= 11 is 0. The van der Waals surface area contributed by atoms with Gasteiger partial charge in [-0.2, -0.15) is 5.10 Å². The predicted octanol–water partition coefficient (Wildman–Crippen LogP) is 1.56. The Morgan fingerprint density at radius 1 is 1.21 bits per heavy atom. The van der Waals surface area contributed by atoms with Crippen LogP contribution in [-0.2, 0) is 16.0 Å². The minimum Gasteiger partial charge on any atom is -0.465 e. The second kappa shape index (κ2) is 8.59. The van der Waals surface area contributed by atoms with E-state index in [1.165, 1.54) is 0 Å². The molecule has 8 nitrogen and oxygen atoms in total. The number of benzene rings is 1. The van der Waals surface area contributed by atoms with Crippen LogP contribution in [0.15, 0.2) is 45.6 Å². The number of morpholine rings is 1. The molecule has 152 valence electrons. The minimum atomic E-state index is -0.259. The van der Waals surface area contributed by atoms with Gasteiger partial charge in [-0.05, 0) is 25.1 Å². The first-order valence-electron chi connectivity index (χ1n) is 9.73. The van der Waals surface area contributed by atoms with E-state index in [2.05, 4.69) is 20.4 Å². The number of hydrogen-bond acceptors (Lipinski definition) is 6. The van der Waals surface area contributed by atoms with Gasteiger partial charge in [0, 0.05) is 25.0 Å². The highest BCUT2D eigenvalue weighted by Gasteiger charge is 2.26. The topological polar surface area (TPSA) is 100 Å². The van der Waals surface area contributed by atoms with E-state index in [0.29, 0.717) is 36.2 Å². The molecule has 29 heavy (non-hydrogen) atoms. The lowest BCUT2D eigenvalue weighted by molar-refractivity contribution is -0.120. The maximum atomic E-state index is 12.6. The molecule has 1 saturated heterocycles. The number of ether oxygens (including phenoxy) is 1. The van der Waals surface area contributed by atoms with Gasteiger partial charge >= 0.3 is 0 Å². The number of aryl methyl sites for hydroxylation is 1. The Morgan fingerprint density at radius 3 is 2.69 bits per heavy atom. The zero-order valence-corrected chi connectivity index (χ0v) is 16.3. The standard InChI is InChI=1S/C21H24N4O4/c1-14-6-7-19(29-14)18(25-8-10-28-11-9-25)13-22-20(26)12-17-15-4-2-3-5-16(15)21(27)24-23-17/h2-7,18H,8-13H2,1H3,(H,22,26)(H,24,27). The SMILES string of the molecule is Cc1ccc(C(CNC(=O)Cc2n[nH]c(=O)c3ccccc23)N2CCOCC2)o1. The van der Waals surface area contributed by atoms with Crippen LogP contribution in [0.3, 0.4) is 0 Å². The number of furan rings is 1. The van der Waals surface area contributed by atoms with E-state index in [0.717, 1.165) is 24.6 Å². The smallest absolute Gasteiger partial charge is 0.272 e. The molecule has 0 radical (unpaired) electrons. The third-order valence-corrected chi connectivity index (χ3v) is 5.17.